The number of hydrogen-bond donors (Lipinski definition) is 0. The number of aromatic nitrogens is 1. The Balaban J connectivity index is 1.49. The first kappa shape index (κ1) is 29.9. The lowest BCUT2D eigenvalue weighted by molar-refractivity contribution is -0.189. The molecule has 1 aromatic heterocycles. The number of ether oxygens (including phenoxy) is 2. The summed E-state index contributed by atoms with van der Waals surface area (Å²) >= 11 is 0. The van der Waals surface area contributed by atoms with Crippen LogP contribution in [0.15, 0.2) is 85.1 Å². The minimum Gasteiger partial charge on any atom is -0.497 e. The quantitative estimate of drug-likeness (QED) is 0.249. The van der Waals surface area contributed by atoms with Crippen LogP contribution in [0.4, 0.5) is 13.2 Å². The van der Waals surface area contributed by atoms with Gasteiger partial charge in [-0.05, 0) is 54.7 Å². The fraction of sp³-hybridized carbons (Fsp3) is 0.303. The van der Waals surface area contributed by atoms with E-state index < -0.39 is 24.2 Å². The maximum Gasteiger partial charge on any atom is 0.471 e. The number of carbonyl (C=O) groups is 2. The average Bonchev–Trinajstić information content (AvgIpc) is 3.02. The molecule has 0 aliphatic carbocycles. The summed E-state index contributed by atoms with van der Waals surface area (Å²) in [5.74, 6) is -1.29. The molecule has 1 aliphatic rings. The van der Waals surface area contributed by atoms with Crippen LogP contribution in [0.2, 0.25) is 0 Å². The van der Waals surface area contributed by atoms with Gasteiger partial charge in [-0.3, -0.25) is 14.6 Å². The van der Waals surface area contributed by atoms with Crippen LogP contribution in [-0.4, -0.2) is 65.6 Å². The molecule has 1 fully saturated rings. The van der Waals surface area contributed by atoms with E-state index in [2.05, 4.69) is 4.98 Å². The highest BCUT2D eigenvalue weighted by molar-refractivity contribution is 5.95. The van der Waals surface area contributed by atoms with Crippen molar-refractivity contribution < 1.29 is 32.2 Å². The van der Waals surface area contributed by atoms with Crippen molar-refractivity contribution in [2.75, 3.05) is 20.8 Å². The zero-order valence-corrected chi connectivity index (χ0v) is 23.9. The summed E-state index contributed by atoms with van der Waals surface area (Å²) in [4.78, 5) is 33.7. The molecular formula is C33H32F3N3O4. The van der Waals surface area contributed by atoms with Crippen molar-refractivity contribution in [2.45, 2.75) is 44.1 Å². The predicted octanol–water partition coefficient (Wildman–Crippen LogP) is 6.06. The largest absolute Gasteiger partial charge is 0.497 e. The van der Waals surface area contributed by atoms with Gasteiger partial charge in [0.1, 0.15) is 11.5 Å². The van der Waals surface area contributed by atoms with Crippen LogP contribution in [0.1, 0.15) is 34.3 Å². The summed E-state index contributed by atoms with van der Waals surface area (Å²) in [6, 6.07) is 21.9. The van der Waals surface area contributed by atoms with Crippen LogP contribution < -0.4 is 9.47 Å². The van der Waals surface area contributed by atoms with Gasteiger partial charge in [0.25, 0.3) is 5.91 Å². The third-order valence-electron chi connectivity index (χ3n) is 7.89. The number of likely N-dealkylation sites (tertiary alicyclic amines) is 1. The number of amides is 2. The van der Waals surface area contributed by atoms with Crippen LogP contribution in [-0.2, 0) is 17.8 Å². The fourth-order valence-corrected chi connectivity index (χ4v) is 5.76. The number of hydrogen-bond acceptors (Lipinski definition) is 5. The van der Waals surface area contributed by atoms with Gasteiger partial charge >= 0.3 is 12.1 Å². The number of alkyl halides is 3. The minimum absolute atomic E-state index is 0.166. The Morgan fingerprint density at radius 1 is 0.953 bits per heavy atom. The number of halogens is 3. The van der Waals surface area contributed by atoms with Gasteiger partial charge in [-0.2, -0.15) is 13.2 Å². The zero-order chi connectivity index (χ0) is 30.6. The number of pyridine rings is 1. The number of carbonyl (C=O) groups excluding carboxylic acids is 2. The average molecular weight is 592 g/mol. The van der Waals surface area contributed by atoms with Crippen LogP contribution in [0, 0.1) is 0 Å². The van der Waals surface area contributed by atoms with Crippen molar-refractivity contribution in [1.82, 2.24) is 14.8 Å². The molecule has 4 aromatic rings. The van der Waals surface area contributed by atoms with Gasteiger partial charge in [0.05, 0.1) is 19.7 Å². The van der Waals surface area contributed by atoms with E-state index >= 15 is 0 Å². The number of methoxy groups -OCH3 is 2. The second kappa shape index (κ2) is 12.7. The smallest absolute Gasteiger partial charge is 0.471 e. The Hall–Kier alpha value is -4.60. The molecule has 0 bridgehead atoms. The lowest BCUT2D eigenvalue weighted by atomic mass is 9.90. The maximum absolute atomic E-state index is 14.0. The second-order valence-corrected chi connectivity index (χ2v) is 10.5. The molecule has 2 unspecified atom stereocenters. The SMILES string of the molecule is COc1cc(OC)cc(C(=O)N2CCC(N(Cc3ccnc4ccccc34)C(=O)C(F)(F)F)CC2Cc2ccccc2)c1. The van der Waals surface area contributed by atoms with Crippen molar-refractivity contribution in [3.05, 3.63) is 102 Å². The topological polar surface area (TPSA) is 72.0 Å². The molecule has 1 saturated heterocycles. The molecule has 0 radical (unpaired) electrons. The number of rotatable bonds is 8. The van der Waals surface area contributed by atoms with Crippen molar-refractivity contribution in [3.8, 4) is 11.5 Å². The summed E-state index contributed by atoms with van der Waals surface area (Å²) in [5, 5.41) is 0.686. The molecule has 0 spiro atoms. The maximum atomic E-state index is 14.0. The van der Waals surface area contributed by atoms with E-state index in [9.17, 15) is 22.8 Å². The van der Waals surface area contributed by atoms with Crippen LogP contribution in [0.3, 0.4) is 0 Å². The Bertz CT molecular complexity index is 1570. The fourth-order valence-electron chi connectivity index (χ4n) is 5.76. The summed E-state index contributed by atoms with van der Waals surface area (Å²) in [6.45, 7) is -0.0651. The first-order chi connectivity index (χ1) is 20.7. The van der Waals surface area contributed by atoms with E-state index in [0.29, 0.717) is 39.9 Å². The third kappa shape index (κ3) is 6.74. The van der Waals surface area contributed by atoms with Gasteiger partial charge in [0, 0.05) is 48.4 Å². The van der Waals surface area contributed by atoms with Crippen molar-refractivity contribution >= 4 is 22.7 Å². The second-order valence-electron chi connectivity index (χ2n) is 10.5. The zero-order valence-electron chi connectivity index (χ0n) is 23.9. The number of benzene rings is 3. The summed E-state index contributed by atoms with van der Waals surface area (Å²) < 4.78 is 52.7. The van der Waals surface area contributed by atoms with Gasteiger partial charge in [0.15, 0.2) is 0 Å². The Morgan fingerprint density at radius 2 is 1.63 bits per heavy atom. The number of nitrogens with zero attached hydrogens (tertiary/aromatic N) is 3. The third-order valence-corrected chi connectivity index (χ3v) is 7.89. The normalized spacial score (nSPS) is 17.0. The standard InChI is InChI=1S/C33H32F3N3O4/c1-42-27-17-24(18-28(20-27)43-2)31(40)38-15-13-25(19-26(38)16-22-8-4-3-5-9-22)39(32(41)33(34,35)36)21-23-12-14-37-30-11-7-6-10-29(23)30/h3-12,14,17-18,20,25-26H,13,15-16,19,21H2,1-2H3. The molecule has 224 valence electrons. The van der Waals surface area contributed by atoms with Crippen molar-refractivity contribution in [2.24, 2.45) is 0 Å². The van der Waals surface area contributed by atoms with E-state index in [0.717, 1.165) is 10.5 Å². The molecule has 1 aliphatic heterocycles. The monoisotopic (exact) mass is 591 g/mol. The summed E-state index contributed by atoms with van der Waals surface area (Å²) in [5.41, 5.74) is 2.49. The van der Waals surface area contributed by atoms with Crippen molar-refractivity contribution in [1.29, 1.82) is 0 Å². The Morgan fingerprint density at radius 3 is 2.30 bits per heavy atom. The Labute approximate surface area is 247 Å². The van der Waals surface area contributed by atoms with Gasteiger partial charge in [0.2, 0.25) is 0 Å². The predicted molar refractivity (Wildman–Crippen MR) is 156 cm³/mol. The van der Waals surface area contributed by atoms with Crippen molar-refractivity contribution in [3.63, 3.8) is 0 Å². The minimum atomic E-state index is -5.05. The number of piperidine rings is 1. The van der Waals surface area contributed by atoms with E-state index in [1.165, 1.54) is 20.4 Å². The summed E-state index contributed by atoms with van der Waals surface area (Å²) in [6.07, 6.45) is -2.75. The highest BCUT2D eigenvalue weighted by Gasteiger charge is 2.46. The van der Waals surface area contributed by atoms with Crippen LogP contribution in [0.25, 0.3) is 10.9 Å². The first-order valence-electron chi connectivity index (χ1n) is 14.0. The van der Waals surface area contributed by atoms with Gasteiger partial charge in [-0.15, -0.1) is 0 Å². The van der Waals surface area contributed by atoms with Crippen LogP contribution >= 0.6 is 0 Å². The lowest BCUT2D eigenvalue weighted by Crippen LogP contribution is -2.55. The highest BCUT2D eigenvalue weighted by Crippen LogP contribution is 2.33. The molecule has 2 atom stereocenters. The summed E-state index contributed by atoms with van der Waals surface area (Å²) in [7, 11) is 2.98. The molecule has 10 heteroatoms. The molecule has 7 nitrogen and oxygen atoms in total. The number of fused-ring (bicyclic) bond motifs is 1. The van der Waals surface area contributed by atoms with E-state index in [1.807, 2.05) is 30.3 Å². The van der Waals surface area contributed by atoms with E-state index in [4.69, 9.17) is 9.47 Å². The van der Waals surface area contributed by atoms with Gasteiger partial charge in [-0.1, -0.05) is 48.5 Å². The van der Waals surface area contributed by atoms with Gasteiger partial charge < -0.3 is 19.3 Å². The van der Waals surface area contributed by atoms with Gasteiger partial charge in [-0.25, -0.2) is 0 Å². The Kier molecular flexibility index (Phi) is 8.84. The molecule has 43 heavy (non-hydrogen) atoms. The molecule has 2 heterocycles. The molecular weight excluding hydrogens is 559 g/mol. The lowest BCUT2D eigenvalue weighted by Gasteiger charge is -2.44. The molecule has 5 rings (SSSR count). The molecule has 0 saturated carbocycles. The van der Waals surface area contributed by atoms with Crippen LogP contribution in [0.5, 0.6) is 11.5 Å². The first-order valence-corrected chi connectivity index (χ1v) is 14.0. The van der Waals surface area contributed by atoms with E-state index in [-0.39, 0.29) is 31.8 Å². The molecule has 2 amide bonds. The highest BCUT2D eigenvalue weighted by atomic mass is 19.4. The number of para-hydroxylation sites is 1. The molecule has 0 N–H and O–H groups in total. The van der Waals surface area contributed by atoms with E-state index in [1.54, 1.807) is 53.4 Å². The molecule has 3 aromatic carbocycles.